The summed E-state index contributed by atoms with van der Waals surface area (Å²) in [5.74, 6) is 0. The quantitative estimate of drug-likeness (QED) is 0.670. The fourth-order valence-corrected chi connectivity index (χ4v) is 1.84. The molecule has 2 N–H and O–H groups in total. The van der Waals surface area contributed by atoms with Crippen LogP contribution >= 0.6 is 0 Å². The number of aromatic amines is 1. The fourth-order valence-electron chi connectivity index (χ4n) is 1.84. The van der Waals surface area contributed by atoms with Crippen molar-refractivity contribution in [2.75, 3.05) is 0 Å². The monoisotopic (exact) mass is 227 g/mol. The van der Waals surface area contributed by atoms with Crippen LogP contribution in [0.2, 0.25) is 0 Å². The van der Waals surface area contributed by atoms with Crippen LogP contribution in [0.15, 0.2) is 30.3 Å². The molecule has 0 fully saturated rings. The van der Waals surface area contributed by atoms with E-state index in [1.165, 1.54) is 0 Å². The molecular weight excluding hydrogens is 214 g/mol. The van der Waals surface area contributed by atoms with Crippen LogP contribution in [-0.4, -0.2) is 20.1 Å². The van der Waals surface area contributed by atoms with Gasteiger partial charge in [0.2, 0.25) is 0 Å². The van der Waals surface area contributed by atoms with Gasteiger partial charge in [-0.25, -0.2) is 9.97 Å². The second kappa shape index (κ2) is 3.28. The van der Waals surface area contributed by atoms with Crippen molar-refractivity contribution in [2.45, 2.75) is 19.4 Å². The van der Waals surface area contributed by atoms with Crippen LogP contribution in [0.3, 0.4) is 0 Å². The van der Waals surface area contributed by atoms with Crippen LogP contribution in [0.4, 0.5) is 0 Å². The van der Waals surface area contributed by atoms with Gasteiger partial charge in [0.25, 0.3) is 0 Å². The SMILES string of the molecule is CC(C)(O)c1cc2nc3ccccc3nc2[nH]1. The van der Waals surface area contributed by atoms with Crippen LogP contribution in [0, 0.1) is 0 Å². The number of H-pyrrole nitrogens is 1. The maximum atomic E-state index is 9.94. The van der Waals surface area contributed by atoms with Crippen molar-refractivity contribution in [3.63, 3.8) is 0 Å². The number of aliphatic hydroxyl groups is 1. The van der Waals surface area contributed by atoms with Crippen molar-refractivity contribution in [3.05, 3.63) is 36.0 Å². The van der Waals surface area contributed by atoms with Gasteiger partial charge in [0, 0.05) is 0 Å². The summed E-state index contributed by atoms with van der Waals surface area (Å²) in [6.07, 6.45) is 0. The largest absolute Gasteiger partial charge is 0.384 e. The Morgan fingerprint density at radius 3 is 2.35 bits per heavy atom. The Bertz CT molecular complexity index is 642. The van der Waals surface area contributed by atoms with E-state index in [1.54, 1.807) is 13.8 Å². The maximum absolute atomic E-state index is 9.94. The van der Waals surface area contributed by atoms with Gasteiger partial charge in [0.05, 0.1) is 22.3 Å². The van der Waals surface area contributed by atoms with Crippen molar-refractivity contribution in [1.82, 2.24) is 15.0 Å². The summed E-state index contributed by atoms with van der Waals surface area (Å²) < 4.78 is 0. The first-order chi connectivity index (χ1) is 8.04. The highest BCUT2D eigenvalue weighted by molar-refractivity contribution is 5.84. The molecule has 0 saturated heterocycles. The van der Waals surface area contributed by atoms with E-state index in [2.05, 4.69) is 15.0 Å². The van der Waals surface area contributed by atoms with E-state index in [0.29, 0.717) is 5.65 Å². The van der Waals surface area contributed by atoms with Crippen molar-refractivity contribution in [2.24, 2.45) is 0 Å². The summed E-state index contributed by atoms with van der Waals surface area (Å²) in [5.41, 5.74) is 3.02. The molecule has 0 radical (unpaired) electrons. The van der Waals surface area contributed by atoms with Crippen molar-refractivity contribution in [3.8, 4) is 0 Å². The van der Waals surface area contributed by atoms with Gasteiger partial charge in [-0.05, 0) is 32.0 Å². The lowest BCUT2D eigenvalue weighted by atomic mass is 10.1. The smallest absolute Gasteiger partial charge is 0.157 e. The lowest BCUT2D eigenvalue weighted by molar-refractivity contribution is 0.0746. The third kappa shape index (κ3) is 1.66. The molecule has 0 spiro atoms. The first kappa shape index (κ1) is 10.2. The molecule has 0 aliphatic rings. The zero-order valence-corrected chi connectivity index (χ0v) is 9.73. The normalized spacial score (nSPS) is 12.4. The number of nitrogens with zero attached hydrogens (tertiary/aromatic N) is 2. The van der Waals surface area contributed by atoms with E-state index in [0.717, 1.165) is 22.2 Å². The molecule has 0 atom stereocenters. The van der Waals surface area contributed by atoms with E-state index in [-0.39, 0.29) is 0 Å². The minimum Gasteiger partial charge on any atom is -0.384 e. The maximum Gasteiger partial charge on any atom is 0.157 e. The number of fused-ring (bicyclic) bond motifs is 2. The van der Waals surface area contributed by atoms with Crippen LogP contribution in [0.5, 0.6) is 0 Å². The number of hydrogen-bond acceptors (Lipinski definition) is 3. The highest BCUT2D eigenvalue weighted by atomic mass is 16.3. The van der Waals surface area contributed by atoms with Crippen LogP contribution < -0.4 is 0 Å². The Morgan fingerprint density at radius 2 is 1.71 bits per heavy atom. The molecule has 0 aliphatic carbocycles. The van der Waals surface area contributed by atoms with Gasteiger partial charge in [0.15, 0.2) is 5.65 Å². The fraction of sp³-hybridized carbons (Fsp3) is 0.231. The molecule has 4 heteroatoms. The van der Waals surface area contributed by atoms with Gasteiger partial charge in [-0.1, -0.05) is 12.1 Å². The van der Waals surface area contributed by atoms with E-state index < -0.39 is 5.60 Å². The van der Waals surface area contributed by atoms with E-state index in [9.17, 15) is 5.11 Å². The summed E-state index contributed by atoms with van der Waals surface area (Å²) in [5, 5.41) is 9.94. The third-order valence-corrected chi connectivity index (χ3v) is 2.79. The number of aromatic nitrogens is 3. The highest BCUT2D eigenvalue weighted by Crippen LogP contribution is 2.23. The molecule has 3 rings (SSSR count). The standard InChI is InChI=1S/C13H13N3O/c1-13(2,17)11-7-10-12(16-11)15-9-6-4-3-5-8(9)14-10/h3-7,17H,1-2H3,(H,15,16). The predicted octanol–water partition coefficient (Wildman–Crippen LogP) is 2.34. The first-order valence-electron chi connectivity index (χ1n) is 5.52. The van der Waals surface area contributed by atoms with E-state index >= 15 is 0 Å². The number of hydrogen-bond donors (Lipinski definition) is 2. The van der Waals surface area contributed by atoms with Gasteiger partial charge in [-0.2, -0.15) is 0 Å². The number of nitrogens with one attached hydrogen (secondary N) is 1. The summed E-state index contributed by atoms with van der Waals surface area (Å²) in [4.78, 5) is 12.1. The summed E-state index contributed by atoms with van der Waals surface area (Å²) >= 11 is 0. The second-order valence-corrected chi connectivity index (χ2v) is 4.69. The molecule has 4 nitrogen and oxygen atoms in total. The molecule has 2 heterocycles. The average molecular weight is 227 g/mol. The number of para-hydroxylation sites is 2. The molecule has 86 valence electrons. The molecule has 0 aliphatic heterocycles. The van der Waals surface area contributed by atoms with Crippen LogP contribution in [0.25, 0.3) is 22.2 Å². The molecule has 0 bridgehead atoms. The zero-order chi connectivity index (χ0) is 12.0. The first-order valence-corrected chi connectivity index (χ1v) is 5.52. The molecule has 17 heavy (non-hydrogen) atoms. The Morgan fingerprint density at radius 1 is 1.06 bits per heavy atom. The Balaban J connectivity index is 2.32. The summed E-state index contributed by atoms with van der Waals surface area (Å²) in [6, 6.07) is 9.56. The molecule has 0 amide bonds. The van der Waals surface area contributed by atoms with Gasteiger partial charge < -0.3 is 10.1 Å². The van der Waals surface area contributed by atoms with E-state index in [1.807, 2.05) is 30.3 Å². The molecular formula is C13H13N3O. The highest BCUT2D eigenvalue weighted by Gasteiger charge is 2.19. The summed E-state index contributed by atoms with van der Waals surface area (Å²) in [7, 11) is 0. The van der Waals surface area contributed by atoms with Crippen molar-refractivity contribution < 1.29 is 5.11 Å². The zero-order valence-electron chi connectivity index (χ0n) is 9.73. The topological polar surface area (TPSA) is 61.8 Å². The lowest BCUT2D eigenvalue weighted by Gasteiger charge is -2.14. The molecule has 0 unspecified atom stereocenters. The summed E-state index contributed by atoms with van der Waals surface area (Å²) in [6.45, 7) is 3.47. The number of benzene rings is 1. The molecule has 0 saturated carbocycles. The third-order valence-electron chi connectivity index (χ3n) is 2.79. The van der Waals surface area contributed by atoms with Gasteiger partial charge in [-0.3, -0.25) is 0 Å². The Kier molecular flexibility index (Phi) is 1.97. The molecule has 1 aromatic carbocycles. The molecule has 3 aromatic rings. The predicted molar refractivity (Wildman–Crippen MR) is 66.6 cm³/mol. The van der Waals surface area contributed by atoms with Crippen LogP contribution in [-0.2, 0) is 5.60 Å². The molecule has 2 aromatic heterocycles. The van der Waals surface area contributed by atoms with Gasteiger partial charge in [-0.15, -0.1) is 0 Å². The number of rotatable bonds is 1. The minimum atomic E-state index is -0.908. The van der Waals surface area contributed by atoms with Crippen molar-refractivity contribution in [1.29, 1.82) is 0 Å². The van der Waals surface area contributed by atoms with Gasteiger partial charge in [0.1, 0.15) is 5.52 Å². The van der Waals surface area contributed by atoms with Crippen molar-refractivity contribution >= 4 is 22.2 Å². The van der Waals surface area contributed by atoms with Gasteiger partial charge >= 0.3 is 0 Å². The van der Waals surface area contributed by atoms with E-state index in [4.69, 9.17) is 0 Å². The minimum absolute atomic E-state index is 0.709. The second-order valence-electron chi connectivity index (χ2n) is 4.69. The Labute approximate surface area is 98.3 Å². The van der Waals surface area contributed by atoms with Crippen LogP contribution in [0.1, 0.15) is 19.5 Å². The average Bonchev–Trinajstić information content (AvgIpc) is 2.68. The lowest BCUT2D eigenvalue weighted by Crippen LogP contribution is -2.15. The Hall–Kier alpha value is -1.94.